The molecule has 0 nitrogen and oxygen atoms in total. The Balaban J connectivity index is 0.000000145. The van der Waals surface area contributed by atoms with E-state index in [0.717, 1.165) is 21.4 Å². The molecule has 6 aromatic carbocycles. The number of hydrogen-bond acceptors (Lipinski definition) is 0. The molecule has 0 unspecified atom stereocenters. The van der Waals surface area contributed by atoms with Crippen LogP contribution in [0.1, 0.15) is 0 Å². The quantitative estimate of drug-likeness (QED) is 0.146. The first-order valence-corrected chi connectivity index (χ1v) is 21.9. The summed E-state index contributed by atoms with van der Waals surface area (Å²) in [4.78, 5) is 0. The van der Waals surface area contributed by atoms with E-state index in [0.29, 0.717) is 0 Å². The average Bonchev–Trinajstić information content (AvgIpc) is 3.10. The molecule has 6 aromatic rings. The Morgan fingerprint density at radius 3 is 0.452 bits per heavy atom. The number of hydrogen-bond donors (Lipinski definition) is 0. The Morgan fingerprint density at radius 2 is 0.333 bits per heavy atom. The molecule has 0 aliphatic heterocycles. The van der Waals surface area contributed by atoms with Crippen LogP contribution in [0.3, 0.4) is 0 Å². The molecule has 42 heavy (non-hydrogen) atoms. The molecule has 0 fully saturated rings. The Bertz CT molecular complexity index is 1230. The molecule has 6 rings (SSSR count). The maximum absolute atomic E-state index is 14.0. The fourth-order valence-corrected chi connectivity index (χ4v) is 12.0. The maximum atomic E-state index is 14.0. The van der Waals surface area contributed by atoms with E-state index in [2.05, 4.69) is 0 Å². The van der Waals surface area contributed by atoms with Crippen LogP contribution in [-0.2, 0) is 0 Å². The SMILES string of the molecule is FI(c1ccccc1)c1ccccc1.FI(c1ccccc1)c1ccccc1.FI(c1ccccc1)c1ccccc1. The summed E-state index contributed by atoms with van der Waals surface area (Å²) in [6, 6.07) is 56.7. The van der Waals surface area contributed by atoms with Crippen molar-refractivity contribution >= 4 is 61.2 Å². The van der Waals surface area contributed by atoms with Gasteiger partial charge in [-0.15, -0.1) is 0 Å². The zero-order valence-electron chi connectivity index (χ0n) is 22.6. The zero-order chi connectivity index (χ0) is 29.4. The molecule has 0 N–H and O–H groups in total. The molecule has 0 spiro atoms. The van der Waals surface area contributed by atoms with E-state index in [1.54, 1.807) is 0 Å². The predicted octanol–water partition coefficient (Wildman–Crippen LogP) is 12.4. The van der Waals surface area contributed by atoms with Crippen molar-refractivity contribution in [2.24, 2.45) is 0 Å². The topological polar surface area (TPSA) is 0 Å². The first-order valence-electron chi connectivity index (χ1n) is 13.0. The molecule has 0 aliphatic carbocycles. The van der Waals surface area contributed by atoms with Gasteiger partial charge in [0.05, 0.1) is 0 Å². The van der Waals surface area contributed by atoms with Crippen LogP contribution >= 0.6 is 61.2 Å². The van der Waals surface area contributed by atoms with Crippen molar-refractivity contribution in [3.63, 3.8) is 0 Å². The summed E-state index contributed by atoms with van der Waals surface area (Å²) in [6.45, 7) is 0. The van der Waals surface area contributed by atoms with Crippen molar-refractivity contribution in [2.45, 2.75) is 0 Å². The van der Waals surface area contributed by atoms with Gasteiger partial charge in [-0.25, -0.2) is 0 Å². The fraction of sp³-hybridized carbons (Fsp3) is 0. The molecular formula is C36H30F3I3. The summed E-state index contributed by atoms with van der Waals surface area (Å²) in [5.41, 5.74) is 0. The molecule has 0 bridgehead atoms. The van der Waals surface area contributed by atoms with Crippen LogP contribution < -0.4 is 0 Å². The Hall–Kier alpha value is -2.70. The molecule has 0 aliphatic rings. The van der Waals surface area contributed by atoms with E-state index in [1.807, 2.05) is 182 Å². The second-order valence-electron chi connectivity index (χ2n) is 8.49. The van der Waals surface area contributed by atoms with E-state index >= 15 is 0 Å². The number of benzene rings is 6. The van der Waals surface area contributed by atoms with Gasteiger partial charge in [0, 0.05) is 0 Å². The summed E-state index contributed by atoms with van der Waals surface area (Å²) < 4.78 is 47.3. The summed E-state index contributed by atoms with van der Waals surface area (Å²) in [5, 5.41) is 0. The number of rotatable bonds is 6. The van der Waals surface area contributed by atoms with Gasteiger partial charge in [-0.3, -0.25) is 0 Å². The van der Waals surface area contributed by atoms with Gasteiger partial charge in [0.2, 0.25) is 0 Å². The monoisotopic (exact) mass is 900 g/mol. The van der Waals surface area contributed by atoms with Gasteiger partial charge in [0.25, 0.3) is 0 Å². The van der Waals surface area contributed by atoms with Crippen molar-refractivity contribution in [3.05, 3.63) is 203 Å². The normalized spacial score (nSPS) is 11.1. The van der Waals surface area contributed by atoms with Crippen LogP contribution in [0.2, 0.25) is 0 Å². The molecule has 0 heterocycles. The summed E-state index contributed by atoms with van der Waals surface area (Å²) in [6.07, 6.45) is 0. The van der Waals surface area contributed by atoms with Crippen LogP contribution in [0.15, 0.2) is 182 Å². The van der Waals surface area contributed by atoms with E-state index in [1.165, 1.54) is 0 Å². The van der Waals surface area contributed by atoms with Gasteiger partial charge in [-0.05, 0) is 0 Å². The molecule has 6 heteroatoms. The summed E-state index contributed by atoms with van der Waals surface area (Å²) in [5.74, 6) is 0. The molecular weight excluding hydrogens is 870 g/mol. The van der Waals surface area contributed by atoms with Gasteiger partial charge < -0.3 is 0 Å². The van der Waals surface area contributed by atoms with E-state index in [4.69, 9.17) is 0 Å². The standard InChI is InChI=1S/3C12H10FI/c3*13-14(11-7-3-1-4-8-11)12-9-5-2-6-10-12/h3*1-10H. The van der Waals surface area contributed by atoms with Crippen molar-refractivity contribution < 1.29 is 8.58 Å². The molecule has 0 aromatic heterocycles. The van der Waals surface area contributed by atoms with E-state index < -0.39 is 61.2 Å². The van der Waals surface area contributed by atoms with Gasteiger partial charge in [-0.1, -0.05) is 0 Å². The third-order valence-electron chi connectivity index (χ3n) is 5.55. The van der Waals surface area contributed by atoms with Crippen molar-refractivity contribution in [3.8, 4) is 0 Å². The second-order valence-corrected chi connectivity index (χ2v) is 20.0. The number of halogens is 6. The van der Waals surface area contributed by atoms with Crippen molar-refractivity contribution in [1.82, 2.24) is 0 Å². The van der Waals surface area contributed by atoms with Crippen molar-refractivity contribution in [2.75, 3.05) is 0 Å². The summed E-state index contributed by atoms with van der Waals surface area (Å²) >= 11 is -7.79. The Morgan fingerprint density at radius 1 is 0.214 bits per heavy atom. The van der Waals surface area contributed by atoms with Gasteiger partial charge >= 0.3 is 273 Å². The second kappa shape index (κ2) is 18.1. The third kappa shape index (κ3) is 10.2. The van der Waals surface area contributed by atoms with Crippen LogP contribution in [0, 0.1) is 21.4 Å². The van der Waals surface area contributed by atoms with E-state index in [-0.39, 0.29) is 0 Å². The fourth-order valence-electron chi connectivity index (χ4n) is 3.53. The molecule has 0 saturated heterocycles. The molecule has 0 atom stereocenters. The van der Waals surface area contributed by atoms with Crippen LogP contribution in [-0.4, -0.2) is 0 Å². The van der Waals surface area contributed by atoms with Gasteiger partial charge in [0.15, 0.2) is 0 Å². The average molecular weight is 900 g/mol. The predicted molar refractivity (Wildman–Crippen MR) is 196 cm³/mol. The van der Waals surface area contributed by atoms with Crippen LogP contribution in [0.4, 0.5) is 8.58 Å². The molecule has 0 amide bonds. The summed E-state index contributed by atoms with van der Waals surface area (Å²) in [7, 11) is 0. The van der Waals surface area contributed by atoms with Crippen LogP contribution in [0.25, 0.3) is 0 Å². The van der Waals surface area contributed by atoms with Gasteiger partial charge in [-0.2, -0.15) is 0 Å². The first kappa shape index (κ1) is 32.2. The minimum absolute atomic E-state index is 0.864. The Labute approximate surface area is 270 Å². The van der Waals surface area contributed by atoms with Crippen LogP contribution in [0.5, 0.6) is 0 Å². The third-order valence-corrected chi connectivity index (χ3v) is 16.4. The van der Waals surface area contributed by atoms with Crippen molar-refractivity contribution in [1.29, 1.82) is 0 Å². The molecule has 0 saturated carbocycles. The van der Waals surface area contributed by atoms with E-state index in [9.17, 15) is 8.58 Å². The van der Waals surface area contributed by atoms with Gasteiger partial charge in [0.1, 0.15) is 0 Å². The minimum atomic E-state index is -2.60. The molecule has 0 radical (unpaired) electrons. The molecule has 216 valence electrons. The zero-order valence-corrected chi connectivity index (χ0v) is 29.1. The Kier molecular flexibility index (Phi) is 13.9. The first-order chi connectivity index (χ1) is 20.6.